The number of aromatic nitrogens is 4. The van der Waals surface area contributed by atoms with Crippen LogP contribution < -0.4 is 5.32 Å². The topological polar surface area (TPSA) is 63.6 Å². The van der Waals surface area contributed by atoms with Gasteiger partial charge < -0.3 is 5.32 Å². The molecule has 5 aromatic rings. The van der Waals surface area contributed by atoms with Gasteiger partial charge >= 0.3 is 0 Å². The van der Waals surface area contributed by atoms with E-state index in [1.165, 1.54) is 18.9 Å². The van der Waals surface area contributed by atoms with E-state index in [1.54, 1.807) is 22.7 Å². The third-order valence-corrected chi connectivity index (χ3v) is 8.24. The van der Waals surface area contributed by atoms with Crippen molar-refractivity contribution in [3.63, 3.8) is 0 Å². The zero-order valence-electron chi connectivity index (χ0n) is 18.9. The second-order valence-corrected chi connectivity index (χ2v) is 12.4. The molecule has 1 N–H and O–H groups in total. The van der Waals surface area contributed by atoms with Crippen molar-refractivity contribution in [2.75, 3.05) is 5.32 Å². The van der Waals surface area contributed by atoms with Crippen LogP contribution in [0.25, 0.3) is 20.4 Å². The fourth-order valence-corrected chi connectivity index (χ4v) is 6.36. The zero-order chi connectivity index (χ0) is 23.7. The smallest absolute Gasteiger partial charge is 0.150 e. The molecule has 1 atom stereocenters. The van der Waals surface area contributed by atoms with Crippen LogP contribution in [0.5, 0.6) is 0 Å². The molecule has 5 rings (SSSR count). The summed E-state index contributed by atoms with van der Waals surface area (Å²) in [6.07, 6.45) is 0. The summed E-state index contributed by atoms with van der Waals surface area (Å²) in [6, 6.07) is 12.9. The maximum Gasteiger partial charge on any atom is 0.150 e. The largest absolute Gasteiger partial charge is 0.362 e. The Labute approximate surface area is 219 Å². The van der Waals surface area contributed by atoms with Crippen molar-refractivity contribution in [1.29, 1.82) is 0 Å². The molecule has 4 aromatic heterocycles. The standard InChI is InChI=1S/C17H19N3S.C7H4ClIN2S/c1-10-6-5-7-14(8-10)12(3)18-17-16-15(9-11(2)21-16)19-13(4)20-17;1-3-10-4-2-5(9)12-6(4)7(8)11-3/h5-9,12H,1-4H3,(H,18,19,20);2H,1H3/t12-;/m1./s1. The third kappa shape index (κ3) is 5.79. The maximum atomic E-state index is 5.93. The fourth-order valence-electron chi connectivity index (χ4n) is 3.47. The van der Waals surface area contributed by atoms with E-state index in [1.807, 2.05) is 19.9 Å². The van der Waals surface area contributed by atoms with Crippen LogP contribution in [0, 0.1) is 30.6 Å². The molecule has 0 spiro atoms. The summed E-state index contributed by atoms with van der Waals surface area (Å²) < 4.78 is 3.30. The van der Waals surface area contributed by atoms with E-state index in [9.17, 15) is 0 Å². The first-order valence-electron chi connectivity index (χ1n) is 10.4. The lowest BCUT2D eigenvalue weighted by Crippen LogP contribution is -2.09. The van der Waals surface area contributed by atoms with Crippen molar-refractivity contribution in [3.05, 3.63) is 72.1 Å². The number of nitrogens with one attached hydrogen (secondary N) is 1. The average molecular weight is 608 g/mol. The number of halogens is 2. The van der Waals surface area contributed by atoms with Crippen molar-refractivity contribution < 1.29 is 0 Å². The third-order valence-electron chi connectivity index (χ3n) is 4.91. The van der Waals surface area contributed by atoms with Crippen LogP contribution >= 0.6 is 56.9 Å². The highest BCUT2D eigenvalue weighted by molar-refractivity contribution is 14.1. The number of fused-ring (bicyclic) bond motifs is 2. The second-order valence-electron chi connectivity index (χ2n) is 7.80. The van der Waals surface area contributed by atoms with E-state index < -0.39 is 0 Å². The Morgan fingerprint density at radius 3 is 2.30 bits per heavy atom. The Hall–Kier alpha value is -1.88. The Kier molecular flexibility index (Phi) is 7.47. The molecule has 0 aliphatic rings. The molecule has 0 unspecified atom stereocenters. The zero-order valence-corrected chi connectivity index (χ0v) is 23.4. The van der Waals surface area contributed by atoms with Crippen molar-refractivity contribution in [3.8, 4) is 0 Å². The molecule has 4 heterocycles. The lowest BCUT2D eigenvalue weighted by atomic mass is 10.1. The monoisotopic (exact) mass is 607 g/mol. The van der Waals surface area contributed by atoms with Crippen LogP contribution in [0.15, 0.2) is 36.4 Å². The van der Waals surface area contributed by atoms with Crippen LogP contribution in [-0.2, 0) is 0 Å². The number of thiophene rings is 2. The molecular weight excluding hydrogens is 585 g/mol. The number of rotatable bonds is 3. The van der Waals surface area contributed by atoms with Gasteiger partial charge in [-0.15, -0.1) is 22.7 Å². The minimum absolute atomic E-state index is 0.213. The first-order valence-corrected chi connectivity index (χ1v) is 13.5. The molecule has 0 bridgehead atoms. The number of hydrogen-bond donors (Lipinski definition) is 1. The van der Waals surface area contributed by atoms with E-state index in [0.29, 0.717) is 5.15 Å². The van der Waals surface area contributed by atoms with Crippen LogP contribution in [0.4, 0.5) is 5.82 Å². The normalized spacial score (nSPS) is 12.0. The maximum absolute atomic E-state index is 5.93. The van der Waals surface area contributed by atoms with Crippen molar-refractivity contribution in [1.82, 2.24) is 19.9 Å². The molecular formula is C24H23ClIN5S2. The van der Waals surface area contributed by atoms with Crippen LogP contribution in [0.3, 0.4) is 0 Å². The summed E-state index contributed by atoms with van der Waals surface area (Å²) >= 11 is 11.5. The summed E-state index contributed by atoms with van der Waals surface area (Å²) in [6.45, 7) is 10.2. The molecule has 170 valence electrons. The Bertz CT molecular complexity index is 1450. The summed E-state index contributed by atoms with van der Waals surface area (Å²) in [5, 5.41) is 4.10. The predicted octanol–water partition coefficient (Wildman–Crippen LogP) is 8.05. The van der Waals surface area contributed by atoms with Crippen molar-refractivity contribution in [2.45, 2.75) is 40.7 Å². The molecule has 0 amide bonds. The molecule has 1 aromatic carbocycles. The predicted molar refractivity (Wildman–Crippen MR) is 150 cm³/mol. The minimum atomic E-state index is 0.213. The SMILES string of the molecule is Cc1cccc([C@@H](C)Nc2nc(C)nc3cc(C)sc23)c1.Cc1nc(Cl)c2sc(I)cc2n1. The lowest BCUT2D eigenvalue weighted by Gasteiger charge is -2.16. The first kappa shape index (κ1) is 24.3. The summed E-state index contributed by atoms with van der Waals surface area (Å²) in [7, 11) is 0. The van der Waals surface area contributed by atoms with Gasteiger partial charge in [0.2, 0.25) is 0 Å². The van der Waals surface area contributed by atoms with Gasteiger partial charge in [-0.1, -0.05) is 41.4 Å². The highest BCUT2D eigenvalue weighted by Gasteiger charge is 2.13. The Morgan fingerprint density at radius 2 is 1.58 bits per heavy atom. The molecule has 33 heavy (non-hydrogen) atoms. The summed E-state index contributed by atoms with van der Waals surface area (Å²) in [4.78, 5) is 18.7. The van der Waals surface area contributed by atoms with Crippen LogP contribution in [-0.4, -0.2) is 19.9 Å². The van der Waals surface area contributed by atoms with Crippen LogP contribution in [0.1, 0.15) is 40.6 Å². The minimum Gasteiger partial charge on any atom is -0.362 e. The average Bonchev–Trinajstić information content (AvgIpc) is 3.29. The van der Waals surface area contributed by atoms with Crippen molar-refractivity contribution in [2.24, 2.45) is 0 Å². The van der Waals surface area contributed by atoms with Gasteiger partial charge in [0.25, 0.3) is 0 Å². The summed E-state index contributed by atoms with van der Waals surface area (Å²) in [5.41, 5.74) is 4.52. The van der Waals surface area contributed by atoms with E-state index in [2.05, 4.69) is 98.9 Å². The van der Waals surface area contributed by atoms with Gasteiger partial charge in [0, 0.05) is 10.9 Å². The van der Waals surface area contributed by atoms with Gasteiger partial charge in [0.15, 0.2) is 5.15 Å². The molecule has 0 aliphatic heterocycles. The molecule has 5 nitrogen and oxygen atoms in total. The highest BCUT2D eigenvalue weighted by Crippen LogP contribution is 2.32. The van der Waals surface area contributed by atoms with E-state index in [4.69, 9.17) is 11.6 Å². The Balaban J connectivity index is 0.000000183. The van der Waals surface area contributed by atoms with Crippen LogP contribution in [0.2, 0.25) is 5.15 Å². The van der Waals surface area contributed by atoms with E-state index in [-0.39, 0.29) is 6.04 Å². The number of nitrogens with zero attached hydrogens (tertiary/aromatic N) is 4. The number of benzene rings is 1. The van der Waals surface area contributed by atoms with Gasteiger partial charge in [-0.05, 0) is 74.9 Å². The molecule has 0 saturated heterocycles. The molecule has 0 radical (unpaired) electrons. The number of anilines is 1. The van der Waals surface area contributed by atoms with Gasteiger partial charge in [0.05, 0.1) is 23.3 Å². The van der Waals surface area contributed by atoms with Gasteiger partial charge in [-0.2, -0.15) is 0 Å². The van der Waals surface area contributed by atoms with Gasteiger partial charge in [-0.3, -0.25) is 0 Å². The van der Waals surface area contributed by atoms with E-state index >= 15 is 0 Å². The van der Waals surface area contributed by atoms with Gasteiger partial charge in [-0.25, -0.2) is 19.9 Å². The van der Waals surface area contributed by atoms with E-state index in [0.717, 1.165) is 37.9 Å². The fraction of sp³-hybridized carbons (Fsp3) is 0.250. The second kappa shape index (κ2) is 10.2. The molecule has 0 saturated carbocycles. The summed E-state index contributed by atoms with van der Waals surface area (Å²) in [5.74, 6) is 2.46. The molecule has 0 fully saturated rings. The first-order chi connectivity index (χ1) is 15.7. The highest BCUT2D eigenvalue weighted by atomic mass is 127. The number of hydrogen-bond acceptors (Lipinski definition) is 7. The molecule has 0 aliphatic carbocycles. The molecule has 9 heteroatoms. The van der Waals surface area contributed by atoms with Crippen molar-refractivity contribution >= 4 is 83.1 Å². The lowest BCUT2D eigenvalue weighted by molar-refractivity contribution is 0.871. The Morgan fingerprint density at radius 1 is 0.879 bits per heavy atom. The van der Waals surface area contributed by atoms with Gasteiger partial charge in [0.1, 0.15) is 17.5 Å². The number of aryl methyl sites for hydroxylation is 4. The quantitative estimate of drug-likeness (QED) is 0.166.